The molecule has 0 atom stereocenters. The van der Waals surface area contributed by atoms with Gasteiger partial charge in [-0.15, -0.1) is 0 Å². The summed E-state index contributed by atoms with van der Waals surface area (Å²) in [5, 5.41) is 5.23. The molecule has 0 saturated carbocycles. The number of imidazole rings is 1. The Morgan fingerprint density at radius 3 is 2.33 bits per heavy atom. The highest BCUT2D eigenvalue weighted by atomic mass is 32.1. The van der Waals surface area contributed by atoms with Crippen molar-refractivity contribution in [3.05, 3.63) is 5.82 Å². The van der Waals surface area contributed by atoms with E-state index in [4.69, 9.17) is 4.74 Å². The number of anilines is 2. The molecule has 180 valence electrons. The van der Waals surface area contributed by atoms with Gasteiger partial charge in [0.2, 0.25) is 11.8 Å². The number of carbonyl (C=O) groups excluding carboxylic acids is 3. The van der Waals surface area contributed by atoms with Crippen LogP contribution >= 0.6 is 12.8 Å². The molecule has 1 saturated heterocycles. The number of aryl methyl sites for hydroxylation is 1. The number of hydrogen-bond acceptors (Lipinski definition) is 9. The summed E-state index contributed by atoms with van der Waals surface area (Å²) in [6.07, 6.45) is -0.376. The Bertz CT molecular complexity index is 1060. The molecule has 1 aliphatic heterocycles. The van der Waals surface area contributed by atoms with Crippen LogP contribution in [0.3, 0.4) is 0 Å². The number of fused-ring (bicyclic) bond motifs is 1. The Labute approximate surface area is 196 Å². The lowest BCUT2D eigenvalue weighted by atomic mass is 10.2. The van der Waals surface area contributed by atoms with Gasteiger partial charge in [0, 0.05) is 39.8 Å². The molecule has 3 heterocycles. The van der Waals surface area contributed by atoms with Crippen LogP contribution in [0.2, 0.25) is 0 Å². The second-order valence-electron chi connectivity index (χ2n) is 8.42. The van der Waals surface area contributed by atoms with Crippen molar-refractivity contribution >= 4 is 53.8 Å². The van der Waals surface area contributed by atoms with Crippen molar-refractivity contribution in [3.63, 3.8) is 0 Å². The number of aromatic nitrogens is 4. The van der Waals surface area contributed by atoms with Crippen molar-refractivity contribution < 1.29 is 19.1 Å². The predicted octanol–water partition coefficient (Wildman–Crippen LogP) is 1.14. The van der Waals surface area contributed by atoms with E-state index in [9.17, 15) is 14.4 Å². The van der Waals surface area contributed by atoms with Gasteiger partial charge in [0.05, 0.1) is 0 Å². The van der Waals surface area contributed by atoms with E-state index in [2.05, 4.69) is 43.1 Å². The highest BCUT2D eigenvalue weighted by molar-refractivity contribution is 7.78. The average molecular weight is 480 g/mol. The lowest BCUT2D eigenvalue weighted by Gasteiger charge is -2.36. The molecule has 3 rings (SSSR count). The van der Waals surface area contributed by atoms with E-state index < -0.39 is 17.5 Å². The minimum Gasteiger partial charge on any atom is -0.444 e. The van der Waals surface area contributed by atoms with E-state index in [-0.39, 0.29) is 17.9 Å². The number of rotatable bonds is 4. The first-order chi connectivity index (χ1) is 15.5. The molecule has 3 N–H and O–H groups in total. The molecule has 4 amide bonds. The van der Waals surface area contributed by atoms with Crippen LogP contribution in [0.5, 0.6) is 0 Å². The lowest BCUT2D eigenvalue weighted by molar-refractivity contribution is 0.0240. The number of nitrogens with one attached hydrogen (secondary N) is 3. The molecular weight excluding hydrogens is 450 g/mol. The van der Waals surface area contributed by atoms with Crippen LogP contribution in [0.1, 0.15) is 38.3 Å². The zero-order valence-corrected chi connectivity index (χ0v) is 20.2. The van der Waals surface area contributed by atoms with Gasteiger partial charge in [-0.2, -0.15) is 9.97 Å². The van der Waals surface area contributed by atoms with Crippen molar-refractivity contribution in [3.8, 4) is 0 Å². The molecule has 0 spiro atoms. The first-order valence-electron chi connectivity index (χ1n) is 10.5. The van der Waals surface area contributed by atoms with Crippen molar-refractivity contribution in [2.45, 2.75) is 33.3 Å². The van der Waals surface area contributed by atoms with Gasteiger partial charge in [-0.05, 0) is 27.7 Å². The molecule has 0 unspecified atom stereocenters. The van der Waals surface area contributed by atoms with Gasteiger partial charge in [-0.1, -0.05) is 12.8 Å². The lowest BCUT2D eigenvalue weighted by Crippen LogP contribution is -2.50. The molecule has 2 aromatic heterocycles. The summed E-state index contributed by atoms with van der Waals surface area (Å²) < 4.78 is 9.21. The summed E-state index contributed by atoms with van der Waals surface area (Å²) in [7, 11) is 1.64. The van der Waals surface area contributed by atoms with Crippen LogP contribution in [0.15, 0.2) is 0 Å². The first kappa shape index (κ1) is 24.4. The Balaban J connectivity index is 1.93. The zero-order chi connectivity index (χ0) is 24.3. The number of nitrogens with zero attached hydrogens (tertiary/aromatic N) is 6. The Morgan fingerprint density at radius 1 is 1.09 bits per heavy atom. The molecule has 1 fully saturated rings. The normalized spacial score (nSPS) is 14.2. The molecular formula is C19H29N9O4S. The maximum absolute atomic E-state index is 12.4. The van der Waals surface area contributed by atoms with E-state index in [1.807, 2.05) is 25.7 Å². The third-order valence-electron chi connectivity index (χ3n) is 4.80. The summed E-state index contributed by atoms with van der Waals surface area (Å²) in [5.74, 6) is 0.110. The highest BCUT2D eigenvalue weighted by Gasteiger charge is 2.29. The molecule has 0 aromatic carbocycles. The summed E-state index contributed by atoms with van der Waals surface area (Å²) in [5.41, 5.74) is 0.190. The van der Waals surface area contributed by atoms with E-state index in [0.717, 1.165) is 0 Å². The number of ether oxygens (including phenoxy) is 1. The Morgan fingerprint density at radius 2 is 1.76 bits per heavy atom. The molecule has 14 heteroatoms. The minimum absolute atomic E-state index is 0.0684. The zero-order valence-electron chi connectivity index (χ0n) is 19.3. The molecule has 0 aliphatic carbocycles. The van der Waals surface area contributed by atoms with E-state index >= 15 is 0 Å². The van der Waals surface area contributed by atoms with Crippen LogP contribution in [0.4, 0.5) is 21.4 Å². The number of carbonyl (C=O) groups is 3. The summed E-state index contributed by atoms with van der Waals surface area (Å²) in [6.45, 7) is 9.43. The highest BCUT2D eigenvalue weighted by Crippen LogP contribution is 2.27. The topological polar surface area (TPSA) is 147 Å². The van der Waals surface area contributed by atoms with Crippen molar-refractivity contribution in [1.82, 2.24) is 34.5 Å². The quantitative estimate of drug-likeness (QED) is 0.478. The van der Waals surface area contributed by atoms with Gasteiger partial charge in [-0.3, -0.25) is 14.8 Å². The van der Waals surface area contributed by atoms with Gasteiger partial charge < -0.3 is 24.4 Å². The van der Waals surface area contributed by atoms with Crippen molar-refractivity contribution in [1.29, 1.82) is 0 Å². The second-order valence-corrected chi connectivity index (χ2v) is 8.64. The number of thiol groups is 1. The smallest absolute Gasteiger partial charge is 0.410 e. The van der Waals surface area contributed by atoms with Gasteiger partial charge >= 0.3 is 12.1 Å². The first-order valence-corrected chi connectivity index (χ1v) is 11.0. The van der Waals surface area contributed by atoms with E-state index in [1.165, 1.54) is 4.57 Å². The summed E-state index contributed by atoms with van der Waals surface area (Å²) in [6, 6.07) is -0.451. The average Bonchev–Trinajstić information content (AvgIpc) is 3.08. The number of amides is 4. The predicted molar refractivity (Wildman–Crippen MR) is 125 cm³/mol. The summed E-state index contributed by atoms with van der Waals surface area (Å²) in [4.78, 5) is 53.5. The third-order valence-corrected chi connectivity index (χ3v) is 5.00. The molecule has 0 radical (unpaired) electrons. The molecule has 2 aromatic rings. The molecule has 0 bridgehead atoms. The van der Waals surface area contributed by atoms with Gasteiger partial charge in [-0.25, -0.2) is 14.6 Å². The fourth-order valence-corrected chi connectivity index (χ4v) is 3.41. The summed E-state index contributed by atoms with van der Waals surface area (Å²) >= 11 is 3.82. The third kappa shape index (κ3) is 5.56. The van der Waals surface area contributed by atoms with Crippen molar-refractivity contribution in [2.24, 2.45) is 7.05 Å². The SMILES string of the molecule is CCNC(=O)Nc1nc(N2CCN(C(=O)OC(C)(C)C)CC2)c2nc(C(=O)NS)n(C)c2n1. The van der Waals surface area contributed by atoms with Crippen molar-refractivity contribution in [2.75, 3.05) is 42.9 Å². The molecule has 33 heavy (non-hydrogen) atoms. The fraction of sp³-hybridized carbons (Fsp3) is 0.579. The number of piperazine rings is 1. The largest absolute Gasteiger partial charge is 0.444 e. The Kier molecular flexibility index (Phi) is 7.15. The van der Waals surface area contributed by atoms with Gasteiger partial charge in [0.15, 0.2) is 17.0 Å². The number of urea groups is 1. The van der Waals surface area contributed by atoms with Gasteiger partial charge in [0.1, 0.15) is 5.60 Å². The Hall–Kier alpha value is -3.29. The standard InChI is InChI=1S/C19H29N9O4S/c1-6-20-17(30)24-16-22-12-11(21-14(26(12)5)15(29)25-33)13(23-16)27-7-9-28(10-8-27)18(31)32-19(2,3)4/h33H,6-10H2,1-5H3,(H,25,29)(H2,20,22,23,24,30). The van der Waals surface area contributed by atoms with E-state index in [1.54, 1.807) is 18.9 Å². The second kappa shape index (κ2) is 9.68. The van der Waals surface area contributed by atoms with Crippen LogP contribution in [0, 0.1) is 0 Å². The molecule has 1 aliphatic rings. The minimum atomic E-state index is -0.579. The maximum atomic E-state index is 12.4. The van der Waals surface area contributed by atoms with Crippen LogP contribution in [-0.2, 0) is 11.8 Å². The fourth-order valence-electron chi connectivity index (χ4n) is 3.31. The monoisotopic (exact) mass is 479 g/mol. The van der Waals surface area contributed by atoms with Crippen LogP contribution < -0.4 is 20.3 Å². The van der Waals surface area contributed by atoms with Crippen LogP contribution in [-0.4, -0.2) is 80.8 Å². The number of hydrogen-bond donors (Lipinski definition) is 4. The van der Waals surface area contributed by atoms with E-state index in [0.29, 0.717) is 49.7 Å². The molecule has 13 nitrogen and oxygen atoms in total. The maximum Gasteiger partial charge on any atom is 0.410 e. The van der Waals surface area contributed by atoms with Crippen LogP contribution in [0.25, 0.3) is 11.2 Å². The van der Waals surface area contributed by atoms with Gasteiger partial charge in [0.25, 0.3) is 5.91 Å².